The van der Waals surface area contributed by atoms with E-state index in [2.05, 4.69) is 114 Å². The van der Waals surface area contributed by atoms with Crippen molar-refractivity contribution in [2.45, 2.75) is 65.2 Å². The summed E-state index contributed by atoms with van der Waals surface area (Å²) in [5.74, 6) is 0.909. The molecule has 0 aliphatic heterocycles. The lowest BCUT2D eigenvalue weighted by Crippen LogP contribution is -2.14. The average molecular weight is 409 g/mol. The molecule has 4 rings (SSSR count). The van der Waals surface area contributed by atoms with Gasteiger partial charge in [0, 0.05) is 11.8 Å². The maximum Gasteiger partial charge on any atom is 0.0305 e. The maximum atomic E-state index is 2.46. The van der Waals surface area contributed by atoms with Crippen LogP contribution in [0.2, 0.25) is 0 Å². The molecule has 0 radical (unpaired) electrons. The fraction of sp³-hybridized carbons (Fsp3) is 0.355. The minimum atomic E-state index is 0.156. The molecule has 2 unspecified atom stereocenters. The minimum absolute atomic E-state index is 0.156. The van der Waals surface area contributed by atoms with E-state index in [-0.39, 0.29) is 5.41 Å². The van der Waals surface area contributed by atoms with Gasteiger partial charge in [-0.25, -0.2) is 0 Å². The van der Waals surface area contributed by atoms with E-state index in [1.165, 1.54) is 33.4 Å². The highest BCUT2D eigenvalue weighted by Gasteiger charge is 2.31. The third-order valence-electron chi connectivity index (χ3n) is 6.81. The van der Waals surface area contributed by atoms with Crippen molar-refractivity contribution in [2.24, 2.45) is 5.92 Å². The van der Waals surface area contributed by atoms with Crippen molar-refractivity contribution in [3.63, 3.8) is 0 Å². The Morgan fingerprint density at radius 2 is 1.61 bits per heavy atom. The molecule has 0 saturated carbocycles. The summed E-state index contributed by atoms with van der Waals surface area (Å²) < 4.78 is 0. The molecule has 2 aromatic carbocycles. The van der Waals surface area contributed by atoms with E-state index in [1.54, 1.807) is 5.57 Å². The van der Waals surface area contributed by atoms with Crippen molar-refractivity contribution >= 4 is 0 Å². The van der Waals surface area contributed by atoms with E-state index < -0.39 is 0 Å². The van der Waals surface area contributed by atoms with Crippen molar-refractivity contribution in [3.8, 4) is 0 Å². The topological polar surface area (TPSA) is 0 Å². The van der Waals surface area contributed by atoms with Gasteiger partial charge in [0.15, 0.2) is 0 Å². The first-order valence-corrected chi connectivity index (χ1v) is 11.8. The van der Waals surface area contributed by atoms with Gasteiger partial charge in [0.05, 0.1) is 0 Å². The Balaban J connectivity index is 1.68. The molecule has 160 valence electrons. The van der Waals surface area contributed by atoms with Crippen LogP contribution in [0.25, 0.3) is 0 Å². The molecule has 2 atom stereocenters. The van der Waals surface area contributed by atoms with Crippen LogP contribution in [0.1, 0.15) is 70.1 Å². The Labute approximate surface area is 189 Å². The second-order valence-corrected chi connectivity index (χ2v) is 10.2. The van der Waals surface area contributed by atoms with E-state index in [1.807, 2.05) is 0 Å². The highest BCUT2D eigenvalue weighted by atomic mass is 14.3. The van der Waals surface area contributed by atoms with Gasteiger partial charge in [-0.3, -0.25) is 0 Å². The average Bonchev–Trinajstić information content (AvgIpc) is 3.35. The van der Waals surface area contributed by atoms with Gasteiger partial charge in [0.1, 0.15) is 0 Å². The largest absolute Gasteiger partial charge is 0.0741 e. The molecule has 0 heteroatoms. The first-order chi connectivity index (χ1) is 14.9. The van der Waals surface area contributed by atoms with Gasteiger partial charge in [-0.05, 0) is 59.4 Å². The van der Waals surface area contributed by atoms with Gasteiger partial charge in [-0.2, -0.15) is 0 Å². The zero-order valence-corrected chi connectivity index (χ0v) is 19.8. The molecule has 2 aliphatic carbocycles. The monoisotopic (exact) mass is 408 g/mol. The van der Waals surface area contributed by atoms with E-state index >= 15 is 0 Å². The van der Waals surface area contributed by atoms with Crippen molar-refractivity contribution in [1.29, 1.82) is 0 Å². The Morgan fingerprint density at radius 1 is 0.839 bits per heavy atom. The smallest absolute Gasteiger partial charge is 0.0305 e. The Hall–Kier alpha value is -2.60. The summed E-state index contributed by atoms with van der Waals surface area (Å²) in [6, 6.07) is 20.2. The Bertz CT molecular complexity index is 1050. The van der Waals surface area contributed by atoms with Crippen LogP contribution in [0.4, 0.5) is 0 Å². The Kier molecular flexibility index (Phi) is 6.19. The highest BCUT2D eigenvalue weighted by molar-refractivity contribution is 5.59. The number of allylic oxidation sites excluding steroid dienone is 8. The molecule has 0 saturated heterocycles. The third kappa shape index (κ3) is 4.69. The maximum absolute atomic E-state index is 2.46. The van der Waals surface area contributed by atoms with Gasteiger partial charge in [-0.1, -0.05) is 118 Å². The first-order valence-electron chi connectivity index (χ1n) is 11.8. The summed E-state index contributed by atoms with van der Waals surface area (Å²) in [6.07, 6.45) is 13.1. The standard InChI is InChI=1S/C31H36/c1-6-24-19-22(2)20-29(24)28-18-17-25(16-15-23-11-8-7-9-12-23)30(28)26-13-10-14-27(21-26)31(3,4)5/h7-14,17-21,24,30H,6,15-16H2,1-5H3. The summed E-state index contributed by atoms with van der Waals surface area (Å²) in [4.78, 5) is 0. The van der Waals surface area contributed by atoms with E-state index in [4.69, 9.17) is 0 Å². The first kappa shape index (κ1) is 21.6. The molecule has 0 aromatic heterocycles. The van der Waals surface area contributed by atoms with Gasteiger partial charge >= 0.3 is 0 Å². The van der Waals surface area contributed by atoms with Gasteiger partial charge in [-0.15, -0.1) is 0 Å². The molecule has 2 aromatic rings. The Morgan fingerprint density at radius 3 is 2.32 bits per heavy atom. The summed E-state index contributed by atoms with van der Waals surface area (Å²) >= 11 is 0. The quantitative estimate of drug-likeness (QED) is 0.449. The van der Waals surface area contributed by atoms with Crippen LogP contribution >= 0.6 is 0 Å². The molecule has 0 spiro atoms. The van der Waals surface area contributed by atoms with Crippen molar-refractivity contribution in [3.05, 3.63) is 118 Å². The predicted molar refractivity (Wildman–Crippen MR) is 134 cm³/mol. The molecule has 0 bridgehead atoms. The highest BCUT2D eigenvalue weighted by Crippen LogP contribution is 2.47. The molecule has 2 aliphatic rings. The molecular formula is C31H36. The molecular weight excluding hydrogens is 372 g/mol. The van der Waals surface area contributed by atoms with Crippen LogP contribution in [-0.2, 0) is 11.8 Å². The number of hydrogen-bond acceptors (Lipinski definition) is 0. The number of rotatable bonds is 6. The summed E-state index contributed by atoms with van der Waals surface area (Å²) in [7, 11) is 0. The summed E-state index contributed by atoms with van der Waals surface area (Å²) in [6.45, 7) is 11.5. The zero-order chi connectivity index (χ0) is 22.0. The van der Waals surface area contributed by atoms with Crippen LogP contribution in [0.15, 0.2) is 101 Å². The molecule has 0 heterocycles. The van der Waals surface area contributed by atoms with Crippen molar-refractivity contribution in [1.82, 2.24) is 0 Å². The SMILES string of the molecule is CCC1C=C(C)C=C1C1=CC=C(CCc2ccccc2)C1c1cccc(C(C)(C)C)c1. The lowest BCUT2D eigenvalue weighted by molar-refractivity contribution is 0.588. The lowest BCUT2D eigenvalue weighted by atomic mass is 9.77. The van der Waals surface area contributed by atoms with Crippen LogP contribution in [0, 0.1) is 5.92 Å². The molecule has 0 N–H and O–H groups in total. The van der Waals surface area contributed by atoms with Gasteiger partial charge in [0.2, 0.25) is 0 Å². The van der Waals surface area contributed by atoms with Crippen LogP contribution in [0.5, 0.6) is 0 Å². The van der Waals surface area contributed by atoms with E-state index in [0.717, 1.165) is 19.3 Å². The lowest BCUT2D eigenvalue weighted by Gasteiger charge is -2.26. The fourth-order valence-corrected chi connectivity index (χ4v) is 5.03. The van der Waals surface area contributed by atoms with Crippen LogP contribution in [-0.4, -0.2) is 0 Å². The number of benzene rings is 2. The second-order valence-electron chi connectivity index (χ2n) is 10.2. The summed E-state index contributed by atoms with van der Waals surface area (Å²) in [5.41, 5.74) is 10.4. The van der Waals surface area contributed by atoms with Gasteiger partial charge in [0.25, 0.3) is 0 Å². The summed E-state index contributed by atoms with van der Waals surface area (Å²) in [5, 5.41) is 0. The zero-order valence-electron chi connectivity index (χ0n) is 19.8. The number of aryl methyl sites for hydroxylation is 1. The number of hydrogen-bond donors (Lipinski definition) is 0. The van der Waals surface area contributed by atoms with Crippen molar-refractivity contribution < 1.29 is 0 Å². The fourth-order valence-electron chi connectivity index (χ4n) is 5.03. The molecule has 0 fully saturated rings. The van der Waals surface area contributed by atoms with Crippen molar-refractivity contribution in [2.75, 3.05) is 0 Å². The third-order valence-corrected chi connectivity index (χ3v) is 6.81. The molecule has 0 nitrogen and oxygen atoms in total. The predicted octanol–water partition coefficient (Wildman–Crippen LogP) is 8.48. The van der Waals surface area contributed by atoms with Crippen LogP contribution < -0.4 is 0 Å². The molecule has 0 amide bonds. The van der Waals surface area contributed by atoms with E-state index in [9.17, 15) is 0 Å². The second kappa shape index (κ2) is 8.87. The minimum Gasteiger partial charge on any atom is -0.0741 e. The van der Waals surface area contributed by atoms with E-state index in [0.29, 0.717) is 11.8 Å². The van der Waals surface area contributed by atoms with Crippen LogP contribution in [0.3, 0.4) is 0 Å². The molecule has 31 heavy (non-hydrogen) atoms. The normalized spacial score (nSPS) is 20.9. The van der Waals surface area contributed by atoms with Gasteiger partial charge < -0.3 is 0 Å².